The van der Waals surface area contributed by atoms with E-state index in [0.29, 0.717) is 16.9 Å². The van der Waals surface area contributed by atoms with Crippen molar-refractivity contribution in [2.75, 3.05) is 11.9 Å². The predicted octanol–water partition coefficient (Wildman–Crippen LogP) is 1.81. The van der Waals surface area contributed by atoms with Gasteiger partial charge in [0.05, 0.1) is 18.2 Å². The lowest BCUT2D eigenvalue weighted by molar-refractivity contribution is 0.0696. The lowest BCUT2D eigenvalue weighted by Crippen LogP contribution is -2.26. The Morgan fingerprint density at radius 1 is 1.52 bits per heavy atom. The van der Waals surface area contributed by atoms with Crippen LogP contribution in [0.4, 0.5) is 5.82 Å². The molecule has 0 aliphatic carbocycles. The number of fused-ring (bicyclic) bond motifs is 1. The molecule has 120 valence electrons. The lowest BCUT2D eigenvalue weighted by Gasteiger charge is -2.18. The maximum atomic E-state index is 11.3. The average molecular weight is 314 g/mol. The third kappa shape index (κ3) is 3.14. The van der Waals surface area contributed by atoms with Crippen LogP contribution in [0.3, 0.4) is 0 Å². The minimum atomic E-state index is -1.03. The number of anilines is 1. The minimum Gasteiger partial charge on any atom is -0.478 e. The number of aryl methyl sites for hydroxylation is 1. The molecule has 3 N–H and O–H groups in total. The maximum Gasteiger partial charge on any atom is 0.337 e. The molecule has 0 bridgehead atoms. The van der Waals surface area contributed by atoms with Gasteiger partial charge in [0.15, 0.2) is 5.82 Å². The molecule has 0 radical (unpaired) electrons. The number of aromatic carboxylic acids is 1. The third-order valence-electron chi connectivity index (χ3n) is 3.50. The van der Waals surface area contributed by atoms with Crippen molar-refractivity contribution in [3.8, 4) is 0 Å². The summed E-state index contributed by atoms with van der Waals surface area (Å²) in [6.07, 6.45) is 7.69. The third-order valence-corrected chi connectivity index (χ3v) is 3.50. The Balaban J connectivity index is 2.51. The molecule has 0 aliphatic rings. The van der Waals surface area contributed by atoms with Gasteiger partial charge in [-0.25, -0.2) is 14.3 Å². The largest absolute Gasteiger partial charge is 0.478 e. The SMILES string of the molecule is C=C/C=C(\C=C)[C@@H](CO)Nc1ncnn2cc(C(=O)O)c(C)c12. The number of aromatic nitrogens is 3. The van der Waals surface area contributed by atoms with Crippen LogP contribution in [-0.2, 0) is 0 Å². The van der Waals surface area contributed by atoms with Gasteiger partial charge in [-0.15, -0.1) is 0 Å². The van der Waals surface area contributed by atoms with Crippen LogP contribution in [0.5, 0.6) is 0 Å². The Hall–Kier alpha value is -2.93. The predicted molar refractivity (Wildman–Crippen MR) is 87.7 cm³/mol. The number of aliphatic hydroxyl groups is 1. The second-order valence-corrected chi connectivity index (χ2v) is 4.86. The van der Waals surface area contributed by atoms with Gasteiger partial charge < -0.3 is 15.5 Å². The van der Waals surface area contributed by atoms with Crippen molar-refractivity contribution in [3.05, 3.63) is 60.6 Å². The maximum absolute atomic E-state index is 11.3. The number of nitrogens with zero attached hydrogens (tertiary/aromatic N) is 3. The van der Waals surface area contributed by atoms with Crippen LogP contribution < -0.4 is 5.32 Å². The molecule has 7 nitrogen and oxygen atoms in total. The highest BCUT2D eigenvalue weighted by atomic mass is 16.4. The number of carbonyl (C=O) groups is 1. The fraction of sp³-hybridized carbons (Fsp3) is 0.188. The van der Waals surface area contributed by atoms with Crippen molar-refractivity contribution in [2.45, 2.75) is 13.0 Å². The summed E-state index contributed by atoms with van der Waals surface area (Å²) in [5.41, 5.74) is 1.98. The summed E-state index contributed by atoms with van der Waals surface area (Å²) in [7, 11) is 0. The first kappa shape index (κ1) is 16.4. The van der Waals surface area contributed by atoms with E-state index in [4.69, 9.17) is 0 Å². The zero-order valence-electron chi connectivity index (χ0n) is 12.7. The number of carboxylic acid groups (broad SMARTS) is 1. The molecule has 0 aromatic carbocycles. The van der Waals surface area contributed by atoms with Gasteiger partial charge >= 0.3 is 5.97 Å². The quantitative estimate of drug-likeness (QED) is 0.674. The van der Waals surface area contributed by atoms with Crippen molar-refractivity contribution in [1.82, 2.24) is 14.6 Å². The standard InChI is InChI=1S/C16H18N4O3/c1-4-6-11(5-2)13(8-21)19-15-14-10(3)12(16(22)23)7-20(14)18-9-17-15/h4-7,9,13,21H,1-2,8H2,3H3,(H,22,23)(H,17,18,19)/b11-6+/t13-/m1/s1. The molecule has 0 aliphatic heterocycles. The van der Waals surface area contributed by atoms with Crippen LogP contribution in [0.1, 0.15) is 15.9 Å². The van der Waals surface area contributed by atoms with Crippen LogP contribution in [0.25, 0.3) is 5.52 Å². The molecule has 7 heteroatoms. The van der Waals surface area contributed by atoms with Gasteiger partial charge in [-0.2, -0.15) is 5.10 Å². The van der Waals surface area contributed by atoms with Crippen molar-refractivity contribution >= 4 is 17.3 Å². The summed E-state index contributed by atoms with van der Waals surface area (Å²) in [6.45, 7) is 8.85. The highest BCUT2D eigenvalue weighted by Gasteiger charge is 2.19. The van der Waals surface area contributed by atoms with Crippen LogP contribution in [0.2, 0.25) is 0 Å². The number of aliphatic hydroxyl groups excluding tert-OH is 1. The van der Waals surface area contributed by atoms with E-state index in [2.05, 4.69) is 28.6 Å². The summed E-state index contributed by atoms with van der Waals surface area (Å²) in [4.78, 5) is 15.4. The lowest BCUT2D eigenvalue weighted by atomic mass is 10.1. The van der Waals surface area contributed by atoms with Crippen LogP contribution in [0, 0.1) is 6.92 Å². The Bertz CT molecular complexity index is 792. The monoisotopic (exact) mass is 314 g/mol. The van der Waals surface area contributed by atoms with Gasteiger partial charge in [-0.3, -0.25) is 0 Å². The molecular weight excluding hydrogens is 296 g/mol. The summed E-state index contributed by atoms with van der Waals surface area (Å²) in [5, 5.41) is 26.0. The zero-order valence-corrected chi connectivity index (χ0v) is 12.7. The molecule has 23 heavy (non-hydrogen) atoms. The summed E-state index contributed by atoms with van der Waals surface area (Å²) < 4.78 is 1.45. The van der Waals surface area contributed by atoms with Crippen LogP contribution >= 0.6 is 0 Å². The Morgan fingerprint density at radius 3 is 2.83 bits per heavy atom. The fourth-order valence-electron chi connectivity index (χ4n) is 2.34. The summed E-state index contributed by atoms with van der Waals surface area (Å²) >= 11 is 0. The Kier molecular flexibility index (Phi) is 4.92. The molecule has 2 aromatic heterocycles. The highest BCUT2D eigenvalue weighted by molar-refractivity contribution is 5.94. The Morgan fingerprint density at radius 2 is 2.26 bits per heavy atom. The van der Waals surface area contributed by atoms with Crippen molar-refractivity contribution in [3.63, 3.8) is 0 Å². The summed E-state index contributed by atoms with van der Waals surface area (Å²) in [6, 6.07) is -0.452. The molecule has 2 rings (SSSR count). The van der Waals surface area contributed by atoms with E-state index in [9.17, 15) is 15.0 Å². The number of hydrogen-bond acceptors (Lipinski definition) is 5. The van der Waals surface area contributed by atoms with Crippen molar-refractivity contribution in [2.24, 2.45) is 0 Å². The first-order valence-electron chi connectivity index (χ1n) is 6.92. The van der Waals surface area contributed by atoms with Crippen LogP contribution in [-0.4, -0.2) is 43.4 Å². The smallest absolute Gasteiger partial charge is 0.337 e. The molecule has 1 atom stereocenters. The van der Waals surface area contributed by atoms with Crippen LogP contribution in [0.15, 0.2) is 49.5 Å². The average Bonchev–Trinajstić information content (AvgIpc) is 2.89. The summed E-state index contributed by atoms with van der Waals surface area (Å²) in [5.74, 6) is -0.600. The second-order valence-electron chi connectivity index (χ2n) is 4.86. The van der Waals surface area contributed by atoms with E-state index in [-0.39, 0.29) is 12.2 Å². The molecule has 0 unspecified atom stereocenters. The molecule has 0 spiro atoms. The van der Waals surface area contributed by atoms with E-state index in [1.807, 2.05) is 0 Å². The number of nitrogens with one attached hydrogen (secondary N) is 1. The molecule has 0 saturated heterocycles. The normalized spacial score (nSPS) is 12.9. The number of hydrogen-bond donors (Lipinski definition) is 3. The molecule has 0 amide bonds. The number of rotatable bonds is 7. The van der Waals surface area contributed by atoms with E-state index < -0.39 is 12.0 Å². The van der Waals surface area contributed by atoms with Gasteiger partial charge in [-0.1, -0.05) is 31.4 Å². The Labute approximate surface area is 133 Å². The van der Waals surface area contributed by atoms with E-state index >= 15 is 0 Å². The van der Waals surface area contributed by atoms with Gasteiger partial charge in [0.2, 0.25) is 0 Å². The second kappa shape index (κ2) is 6.89. The zero-order chi connectivity index (χ0) is 17.0. The van der Waals surface area contributed by atoms with Gasteiger partial charge in [0.1, 0.15) is 11.8 Å². The van der Waals surface area contributed by atoms with E-state index in [0.717, 1.165) is 5.57 Å². The molecule has 2 heterocycles. The van der Waals surface area contributed by atoms with Gasteiger partial charge in [0.25, 0.3) is 0 Å². The van der Waals surface area contributed by atoms with E-state index in [1.54, 1.807) is 25.2 Å². The fourth-order valence-corrected chi connectivity index (χ4v) is 2.34. The van der Waals surface area contributed by atoms with Crippen molar-refractivity contribution in [1.29, 1.82) is 0 Å². The van der Waals surface area contributed by atoms with Crippen molar-refractivity contribution < 1.29 is 15.0 Å². The first-order valence-corrected chi connectivity index (χ1v) is 6.92. The molecular formula is C16H18N4O3. The number of allylic oxidation sites excluding steroid dienone is 2. The topological polar surface area (TPSA) is 99.8 Å². The van der Waals surface area contributed by atoms with E-state index in [1.165, 1.54) is 17.0 Å². The van der Waals surface area contributed by atoms with Gasteiger partial charge in [0, 0.05) is 6.20 Å². The molecule has 0 fully saturated rings. The molecule has 0 saturated carbocycles. The molecule has 2 aromatic rings. The number of carboxylic acids is 1. The minimum absolute atomic E-state index is 0.152. The highest BCUT2D eigenvalue weighted by Crippen LogP contribution is 2.24. The van der Waals surface area contributed by atoms with Gasteiger partial charge in [-0.05, 0) is 18.1 Å². The first-order chi connectivity index (χ1) is 11.0.